The van der Waals surface area contributed by atoms with Gasteiger partial charge in [-0.1, -0.05) is 12.1 Å². The minimum absolute atomic E-state index is 0. The zero-order valence-electron chi connectivity index (χ0n) is 10.7. The fraction of sp³-hybridized carbons (Fsp3) is 0.455. The predicted molar refractivity (Wildman–Crippen MR) is 77.4 cm³/mol. The highest BCUT2D eigenvalue weighted by Gasteiger charge is 2.24. The van der Waals surface area contributed by atoms with Crippen LogP contribution in [0.3, 0.4) is 0 Å². The quantitative estimate of drug-likeness (QED) is 0.652. The smallest absolute Gasteiger partial charge is 0.269 e. The summed E-state index contributed by atoms with van der Waals surface area (Å²) < 4.78 is 25.7. The van der Waals surface area contributed by atoms with Gasteiger partial charge < -0.3 is 5.32 Å². The number of nitrogens with one attached hydrogen (secondary N) is 1. The van der Waals surface area contributed by atoms with Crippen LogP contribution in [0.4, 0.5) is 5.69 Å². The highest BCUT2D eigenvalue weighted by atomic mass is 35.5. The second-order valence-electron chi connectivity index (χ2n) is 4.33. The molecule has 1 aliphatic heterocycles. The molecule has 0 amide bonds. The first kappa shape index (κ1) is 16.8. The lowest BCUT2D eigenvalue weighted by Crippen LogP contribution is -2.46. The molecular formula is C11H16ClN3O4S. The third-order valence-electron chi connectivity index (χ3n) is 2.97. The zero-order chi connectivity index (χ0) is 13.9. The first-order valence-electron chi connectivity index (χ1n) is 5.91. The fourth-order valence-corrected chi connectivity index (χ4v) is 3.47. The Hall–Kier alpha value is -1.22. The lowest BCUT2D eigenvalue weighted by atomic mass is 10.2. The molecule has 1 heterocycles. The maximum Gasteiger partial charge on any atom is 0.269 e. The number of rotatable bonds is 4. The Balaban J connectivity index is 0.00000200. The second kappa shape index (κ2) is 6.98. The molecule has 0 spiro atoms. The molecule has 0 radical (unpaired) electrons. The van der Waals surface area contributed by atoms with Crippen molar-refractivity contribution in [3.05, 3.63) is 39.9 Å². The highest BCUT2D eigenvalue weighted by molar-refractivity contribution is 7.88. The number of nitro benzene ring substituents is 1. The summed E-state index contributed by atoms with van der Waals surface area (Å²) in [5, 5.41) is 13.6. The largest absolute Gasteiger partial charge is 0.314 e. The second-order valence-corrected chi connectivity index (χ2v) is 6.30. The van der Waals surface area contributed by atoms with E-state index in [-0.39, 0.29) is 23.8 Å². The number of piperazine rings is 1. The summed E-state index contributed by atoms with van der Waals surface area (Å²) in [5.74, 6) is -0.120. The van der Waals surface area contributed by atoms with Crippen molar-refractivity contribution in [1.82, 2.24) is 9.62 Å². The Kier molecular flexibility index (Phi) is 5.88. The topological polar surface area (TPSA) is 92.5 Å². The summed E-state index contributed by atoms with van der Waals surface area (Å²) in [6.45, 7) is 2.24. The Morgan fingerprint density at radius 2 is 1.75 bits per heavy atom. The van der Waals surface area contributed by atoms with Crippen LogP contribution in [0.1, 0.15) is 5.56 Å². The van der Waals surface area contributed by atoms with Crippen LogP contribution >= 0.6 is 12.4 Å². The standard InChI is InChI=1S/C11H15N3O4S.ClH/c15-14(16)11-3-1-10(2-4-11)9-19(17,18)13-7-5-12-6-8-13;/h1-4,12H,5-9H2;1H. The van der Waals surface area contributed by atoms with Gasteiger partial charge in [0.05, 0.1) is 10.7 Å². The molecule has 0 aromatic heterocycles. The van der Waals surface area contributed by atoms with Crippen LogP contribution in [-0.4, -0.2) is 43.8 Å². The monoisotopic (exact) mass is 321 g/mol. The fourth-order valence-electron chi connectivity index (χ4n) is 1.94. The van der Waals surface area contributed by atoms with Gasteiger partial charge in [0.2, 0.25) is 10.0 Å². The van der Waals surface area contributed by atoms with Crippen molar-refractivity contribution in [2.75, 3.05) is 26.2 Å². The number of nitro groups is 1. The van der Waals surface area contributed by atoms with Gasteiger partial charge in [-0.15, -0.1) is 12.4 Å². The van der Waals surface area contributed by atoms with Gasteiger partial charge in [0, 0.05) is 38.3 Å². The van der Waals surface area contributed by atoms with Crippen LogP contribution in [0.25, 0.3) is 0 Å². The zero-order valence-corrected chi connectivity index (χ0v) is 12.3. The Bertz CT molecular complexity index is 556. The lowest BCUT2D eigenvalue weighted by Gasteiger charge is -2.26. The molecular weight excluding hydrogens is 306 g/mol. The Morgan fingerprint density at radius 1 is 1.20 bits per heavy atom. The molecule has 9 heteroatoms. The maximum absolute atomic E-state index is 12.1. The average Bonchev–Trinajstić information content (AvgIpc) is 2.40. The molecule has 0 aliphatic carbocycles. The van der Waals surface area contributed by atoms with Crippen molar-refractivity contribution in [2.45, 2.75) is 5.75 Å². The molecule has 7 nitrogen and oxygen atoms in total. The maximum atomic E-state index is 12.1. The van der Waals surface area contributed by atoms with E-state index >= 15 is 0 Å². The van der Waals surface area contributed by atoms with E-state index in [9.17, 15) is 18.5 Å². The van der Waals surface area contributed by atoms with Gasteiger partial charge in [-0.3, -0.25) is 10.1 Å². The van der Waals surface area contributed by atoms with Gasteiger partial charge in [-0.2, -0.15) is 4.31 Å². The van der Waals surface area contributed by atoms with Gasteiger partial charge in [-0.05, 0) is 5.56 Å². The van der Waals surface area contributed by atoms with Gasteiger partial charge >= 0.3 is 0 Å². The van der Waals surface area contributed by atoms with E-state index < -0.39 is 14.9 Å². The molecule has 112 valence electrons. The van der Waals surface area contributed by atoms with Crippen LogP contribution in [0.15, 0.2) is 24.3 Å². The number of nitrogens with zero attached hydrogens (tertiary/aromatic N) is 2. The van der Waals surface area contributed by atoms with Crippen molar-refractivity contribution < 1.29 is 13.3 Å². The summed E-state index contributed by atoms with van der Waals surface area (Å²) in [6.07, 6.45) is 0. The number of sulfonamides is 1. The normalized spacial score (nSPS) is 16.4. The van der Waals surface area contributed by atoms with E-state index in [2.05, 4.69) is 5.32 Å². The number of halogens is 1. The Labute approximate surface area is 123 Å². The summed E-state index contributed by atoms with van der Waals surface area (Å²) in [5.41, 5.74) is 0.521. The minimum atomic E-state index is -3.35. The summed E-state index contributed by atoms with van der Waals surface area (Å²) in [7, 11) is -3.35. The van der Waals surface area contributed by atoms with Gasteiger partial charge in [-0.25, -0.2) is 8.42 Å². The summed E-state index contributed by atoms with van der Waals surface area (Å²) in [6, 6.07) is 5.61. The van der Waals surface area contributed by atoms with Gasteiger partial charge in [0.15, 0.2) is 0 Å². The lowest BCUT2D eigenvalue weighted by molar-refractivity contribution is -0.384. The van der Waals surface area contributed by atoms with Crippen molar-refractivity contribution in [3.63, 3.8) is 0 Å². The third kappa shape index (κ3) is 4.14. The molecule has 2 rings (SSSR count). The number of benzene rings is 1. The highest BCUT2D eigenvalue weighted by Crippen LogP contribution is 2.16. The molecule has 1 aliphatic rings. The Morgan fingerprint density at radius 3 is 2.25 bits per heavy atom. The van der Waals surface area contributed by atoms with Gasteiger partial charge in [0.25, 0.3) is 5.69 Å². The molecule has 1 aromatic carbocycles. The van der Waals surface area contributed by atoms with Crippen LogP contribution in [0.2, 0.25) is 0 Å². The number of hydrogen-bond acceptors (Lipinski definition) is 5. The minimum Gasteiger partial charge on any atom is -0.314 e. The van der Waals surface area contributed by atoms with E-state index in [1.807, 2.05) is 0 Å². The SMILES string of the molecule is Cl.O=[N+]([O-])c1ccc(CS(=O)(=O)N2CCNCC2)cc1. The van der Waals surface area contributed by atoms with E-state index in [0.717, 1.165) is 0 Å². The van der Waals surface area contributed by atoms with Crippen LogP contribution in [-0.2, 0) is 15.8 Å². The molecule has 0 atom stereocenters. The van der Waals surface area contributed by atoms with Crippen LogP contribution in [0.5, 0.6) is 0 Å². The van der Waals surface area contributed by atoms with E-state index in [0.29, 0.717) is 31.7 Å². The molecule has 0 saturated carbocycles. The van der Waals surface area contributed by atoms with E-state index in [1.54, 1.807) is 0 Å². The molecule has 0 unspecified atom stereocenters. The average molecular weight is 322 g/mol. The first-order valence-corrected chi connectivity index (χ1v) is 7.52. The van der Waals surface area contributed by atoms with Crippen molar-refractivity contribution in [2.24, 2.45) is 0 Å². The third-order valence-corrected chi connectivity index (χ3v) is 4.82. The first-order chi connectivity index (χ1) is 8.99. The molecule has 1 N–H and O–H groups in total. The van der Waals surface area contributed by atoms with E-state index in [1.165, 1.54) is 28.6 Å². The summed E-state index contributed by atoms with van der Waals surface area (Å²) in [4.78, 5) is 10.0. The number of non-ortho nitro benzene ring substituents is 1. The number of hydrogen-bond donors (Lipinski definition) is 1. The molecule has 1 aromatic rings. The molecule has 1 fully saturated rings. The van der Waals surface area contributed by atoms with Crippen molar-refractivity contribution in [1.29, 1.82) is 0 Å². The summed E-state index contributed by atoms with van der Waals surface area (Å²) >= 11 is 0. The van der Waals surface area contributed by atoms with Crippen molar-refractivity contribution in [3.8, 4) is 0 Å². The van der Waals surface area contributed by atoms with Crippen LogP contribution in [0, 0.1) is 10.1 Å². The molecule has 0 bridgehead atoms. The van der Waals surface area contributed by atoms with Crippen molar-refractivity contribution >= 4 is 28.1 Å². The van der Waals surface area contributed by atoms with Gasteiger partial charge in [0.1, 0.15) is 0 Å². The van der Waals surface area contributed by atoms with Crippen LogP contribution < -0.4 is 5.32 Å². The molecule has 20 heavy (non-hydrogen) atoms. The van der Waals surface area contributed by atoms with E-state index in [4.69, 9.17) is 0 Å². The predicted octanol–water partition coefficient (Wildman–Crippen LogP) is 0.752. The molecule has 1 saturated heterocycles.